The van der Waals surface area contributed by atoms with E-state index in [1.807, 2.05) is 0 Å². The zero-order valence-corrected chi connectivity index (χ0v) is 39.5. The second-order valence-corrected chi connectivity index (χ2v) is 18.7. The van der Waals surface area contributed by atoms with Gasteiger partial charge in [-0.05, 0) is 12.8 Å². The largest absolute Gasteiger partial charge is 0.394 e. The quantitative estimate of drug-likeness (QED) is 0.0332. The maximum atomic E-state index is 13.0. The number of amides is 1. The summed E-state index contributed by atoms with van der Waals surface area (Å²) in [5, 5.41) is 54.3. The lowest BCUT2D eigenvalue weighted by Gasteiger charge is -2.40. The molecule has 0 spiro atoms. The van der Waals surface area contributed by atoms with Gasteiger partial charge in [0.2, 0.25) is 5.91 Å². The summed E-state index contributed by atoms with van der Waals surface area (Å²) in [5.74, 6) is -0.140. The number of aliphatic hydroxyl groups excluding tert-OH is 5. The van der Waals surface area contributed by atoms with Gasteiger partial charge in [-0.15, -0.1) is 0 Å². The van der Waals surface area contributed by atoms with Crippen molar-refractivity contribution in [3.63, 3.8) is 0 Å². The first-order valence-electron chi connectivity index (χ1n) is 26.2. The van der Waals surface area contributed by atoms with Crippen LogP contribution in [-0.4, -0.2) is 87.5 Å². The molecular formula is C51H101NO8. The van der Waals surface area contributed by atoms with Crippen LogP contribution in [0.1, 0.15) is 264 Å². The SMILES string of the molecule is CCCCCCCCCCCCCCCCCCCCCCCCCCCCCC(=O)NC(COC1OC(CO)C(O)C(O)C1O)C(O)CCCCCCCCCCCC. The van der Waals surface area contributed by atoms with E-state index in [1.165, 1.54) is 199 Å². The normalized spacial score (nSPS) is 20.4. The van der Waals surface area contributed by atoms with Crippen LogP contribution in [0.3, 0.4) is 0 Å². The first-order valence-corrected chi connectivity index (χ1v) is 26.2. The number of rotatable bonds is 45. The van der Waals surface area contributed by atoms with Crippen molar-refractivity contribution in [2.24, 2.45) is 0 Å². The van der Waals surface area contributed by atoms with Gasteiger partial charge in [-0.1, -0.05) is 245 Å². The van der Waals surface area contributed by atoms with Crippen LogP contribution >= 0.6 is 0 Å². The molecule has 0 bridgehead atoms. The first-order chi connectivity index (χ1) is 29.3. The summed E-state index contributed by atoms with van der Waals surface area (Å²) < 4.78 is 11.3. The molecule has 9 heteroatoms. The molecule has 0 aromatic heterocycles. The molecule has 60 heavy (non-hydrogen) atoms. The van der Waals surface area contributed by atoms with Crippen molar-refractivity contribution >= 4 is 5.91 Å². The number of carbonyl (C=O) groups excluding carboxylic acids is 1. The standard InChI is InChI=1S/C51H101NO8/c1-3-5-7-9-11-13-15-16-17-18-19-20-21-22-23-24-25-26-27-28-29-30-31-33-35-37-39-41-47(55)52-44(43-59-51-50(58)49(57)48(56)46(42-53)60-51)45(54)40-38-36-34-32-14-12-10-8-6-4-2/h44-46,48-51,53-54,56-58H,3-43H2,1-2H3,(H,52,55). The molecule has 1 aliphatic rings. The highest BCUT2D eigenvalue weighted by atomic mass is 16.7. The molecule has 1 aliphatic heterocycles. The molecule has 0 radical (unpaired) electrons. The minimum Gasteiger partial charge on any atom is -0.394 e. The number of aliphatic hydroxyl groups is 5. The molecule has 7 atom stereocenters. The Hall–Kier alpha value is -0.810. The molecule has 1 rings (SSSR count). The number of hydrogen-bond acceptors (Lipinski definition) is 8. The minimum absolute atomic E-state index is 0.132. The van der Waals surface area contributed by atoms with Crippen molar-refractivity contribution in [1.29, 1.82) is 0 Å². The van der Waals surface area contributed by atoms with Gasteiger partial charge in [0.05, 0.1) is 25.4 Å². The van der Waals surface area contributed by atoms with Crippen LogP contribution in [0, 0.1) is 0 Å². The van der Waals surface area contributed by atoms with Gasteiger partial charge in [0.1, 0.15) is 24.4 Å². The fourth-order valence-electron chi connectivity index (χ4n) is 8.75. The summed E-state index contributed by atoms with van der Waals surface area (Å²) in [5.41, 5.74) is 0. The number of unbranched alkanes of at least 4 members (excludes halogenated alkanes) is 35. The molecule has 6 N–H and O–H groups in total. The first kappa shape index (κ1) is 57.2. The highest BCUT2D eigenvalue weighted by Gasteiger charge is 2.44. The van der Waals surface area contributed by atoms with Gasteiger partial charge in [0.25, 0.3) is 0 Å². The van der Waals surface area contributed by atoms with Gasteiger partial charge in [-0.3, -0.25) is 4.79 Å². The van der Waals surface area contributed by atoms with Crippen LogP contribution in [0.5, 0.6) is 0 Å². The number of ether oxygens (including phenoxy) is 2. The van der Waals surface area contributed by atoms with Crippen molar-refractivity contribution in [1.82, 2.24) is 5.32 Å². The summed E-state index contributed by atoms with van der Waals surface area (Å²) in [6, 6.07) is -0.711. The van der Waals surface area contributed by atoms with Gasteiger partial charge < -0.3 is 40.3 Å². The third-order valence-electron chi connectivity index (χ3n) is 13.0. The summed E-state index contributed by atoms with van der Waals surface area (Å²) in [4.78, 5) is 13.0. The lowest BCUT2D eigenvalue weighted by molar-refractivity contribution is -0.302. The molecule has 0 aromatic carbocycles. The van der Waals surface area contributed by atoms with Crippen LogP contribution in [0.15, 0.2) is 0 Å². The Bertz CT molecular complexity index is 908. The van der Waals surface area contributed by atoms with Crippen molar-refractivity contribution in [3.8, 4) is 0 Å². The van der Waals surface area contributed by atoms with E-state index in [4.69, 9.17) is 9.47 Å². The Labute approximate surface area is 370 Å². The number of nitrogens with one attached hydrogen (secondary N) is 1. The molecular weight excluding hydrogens is 755 g/mol. The third kappa shape index (κ3) is 31.9. The molecule has 0 aromatic rings. The van der Waals surface area contributed by atoms with Gasteiger partial charge in [-0.25, -0.2) is 0 Å². The summed E-state index contributed by atoms with van der Waals surface area (Å²) >= 11 is 0. The summed E-state index contributed by atoms with van der Waals surface area (Å²) in [6.45, 7) is 3.84. The van der Waals surface area contributed by atoms with Gasteiger partial charge in [0, 0.05) is 6.42 Å². The topological polar surface area (TPSA) is 149 Å². The third-order valence-corrected chi connectivity index (χ3v) is 13.0. The zero-order valence-electron chi connectivity index (χ0n) is 39.5. The fraction of sp³-hybridized carbons (Fsp3) is 0.980. The average Bonchev–Trinajstić information content (AvgIpc) is 3.25. The predicted octanol–water partition coefficient (Wildman–Crippen LogP) is 11.9. The lowest BCUT2D eigenvalue weighted by Crippen LogP contribution is -2.60. The van der Waals surface area contributed by atoms with Crippen molar-refractivity contribution in [3.05, 3.63) is 0 Å². The second-order valence-electron chi connectivity index (χ2n) is 18.7. The maximum absolute atomic E-state index is 13.0. The highest BCUT2D eigenvalue weighted by molar-refractivity contribution is 5.76. The lowest BCUT2D eigenvalue weighted by atomic mass is 9.99. The highest BCUT2D eigenvalue weighted by Crippen LogP contribution is 2.23. The Kier molecular flexibility index (Phi) is 40.2. The van der Waals surface area contributed by atoms with E-state index < -0.39 is 49.5 Å². The molecule has 1 fully saturated rings. The van der Waals surface area contributed by atoms with Crippen molar-refractivity contribution < 1.29 is 39.8 Å². The van der Waals surface area contributed by atoms with Gasteiger partial charge in [-0.2, -0.15) is 0 Å². The molecule has 7 unspecified atom stereocenters. The van der Waals surface area contributed by atoms with Crippen molar-refractivity contribution in [2.45, 2.75) is 307 Å². The number of carbonyl (C=O) groups is 1. The van der Waals surface area contributed by atoms with E-state index in [0.717, 1.165) is 38.5 Å². The van der Waals surface area contributed by atoms with E-state index in [0.29, 0.717) is 12.8 Å². The fourth-order valence-corrected chi connectivity index (χ4v) is 8.75. The molecule has 0 aliphatic carbocycles. The Morgan fingerprint density at radius 3 is 1.18 bits per heavy atom. The monoisotopic (exact) mass is 856 g/mol. The molecule has 9 nitrogen and oxygen atoms in total. The summed E-state index contributed by atoms with van der Waals surface area (Å²) in [6.07, 6.45) is 41.4. The zero-order chi connectivity index (χ0) is 43.7. The van der Waals surface area contributed by atoms with Crippen LogP contribution in [0.25, 0.3) is 0 Å². The Morgan fingerprint density at radius 1 is 0.500 bits per heavy atom. The molecule has 1 saturated heterocycles. The molecule has 358 valence electrons. The van der Waals surface area contributed by atoms with Crippen LogP contribution < -0.4 is 5.32 Å². The number of hydrogen-bond donors (Lipinski definition) is 6. The minimum atomic E-state index is -1.55. The molecule has 1 amide bonds. The Morgan fingerprint density at radius 2 is 0.833 bits per heavy atom. The van der Waals surface area contributed by atoms with E-state index in [2.05, 4.69) is 19.2 Å². The van der Waals surface area contributed by atoms with E-state index in [1.54, 1.807) is 0 Å². The molecule has 1 heterocycles. The average molecular weight is 856 g/mol. The van der Waals surface area contributed by atoms with Gasteiger partial charge >= 0.3 is 0 Å². The van der Waals surface area contributed by atoms with Crippen LogP contribution in [0.4, 0.5) is 0 Å². The second kappa shape index (κ2) is 42.2. The smallest absolute Gasteiger partial charge is 0.220 e. The van der Waals surface area contributed by atoms with E-state index >= 15 is 0 Å². The van der Waals surface area contributed by atoms with Crippen LogP contribution in [0.2, 0.25) is 0 Å². The Balaban J connectivity index is 2.12. The van der Waals surface area contributed by atoms with E-state index in [9.17, 15) is 30.3 Å². The predicted molar refractivity (Wildman–Crippen MR) is 249 cm³/mol. The van der Waals surface area contributed by atoms with E-state index in [-0.39, 0.29) is 12.5 Å². The molecule has 0 saturated carbocycles. The van der Waals surface area contributed by atoms with Crippen LogP contribution in [-0.2, 0) is 14.3 Å². The summed E-state index contributed by atoms with van der Waals surface area (Å²) in [7, 11) is 0. The maximum Gasteiger partial charge on any atom is 0.220 e. The van der Waals surface area contributed by atoms with Crippen molar-refractivity contribution in [2.75, 3.05) is 13.2 Å². The van der Waals surface area contributed by atoms with Gasteiger partial charge in [0.15, 0.2) is 6.29 Å².